The molecule has 0 unspecified atom stereocenters. The van der Waals surface area contributed by atoms with E-state index in [9.17, 15) is 13.2 Å². The first kappa shape index (κ1) is 15.9. The van der Waals surface area contributed by atoms with Crippen LogP contribution in [0.25, 0.3) is 11.0 Å². The van der Waals surface area contributed by atoms with Crippen molar-refractivity contribution in [2.75, 3.05) is 5.32 Å². The zero-order chi connectivity index (χ0) is 17.4. The molecule has 0 atom stereocenters. The van der Waals surface area contributed by atoms with Gasteiger partial charge in [-0.05, 0) is 48.6 Å². The Morgan fingerprint density at radius 2 is 1.92 bits per heavy atom. The highest BCUT2D eigenvalue weighted by Crippen LogP contribution is 2.33. The van der Waals surface area contributed by atoms with E-state index in [1.165, 1.54) is 25.0 Å². The maximum atomic E-state index is 13.0. The van der Waals surface area contributed by atoms with E-state index in [-0.39, 0.29) is 12.1 Å². The second kappa shape index (κ2) is 6.06. The Hall–Kier alpha value is -2.57. The molecule has 1 aliphatic rings. The number of nitrogens with one attached hydrogen (secondary N) is 1. The van der Waals surface area contributed by atoms with Crippen molar-refractivity contribution < 1.29 is 13.2 Å². The highest BCUT2D eigenvalue weighted by Gasteiger charge is 2.32. The van der Waals surface area contributed by atoms with Crippen molar-refractivity contribution in [3.05, 3.63) is 53.6 Å². The first-order valence-corrected chi connectivity index (χ1v) is 8.23. The monoisotopic (exact) mass is 346 g/mol. The summed E-state index contributed by atoms with van der Waals surface area (Å²) in [6.07, 6.45) is -1.88. The molecule has 0 radical (unpaired) electrons. The third-order valence-corrected chi connectivity index (χ3v) is 4.45. The van der Waals surface area contributed by atoms with E-state index in [4.69, 9.17) is 0 Å². The van der Waals surface area contributed by atoms with Crippen molar-refractivity contribution >= 4 is 16.7 Å². The number of rotatable bonds is 5. The Morgan fingerprint density at radius 1 is 1.12 bits per heavy atom. The SMILES string of the molecule is FC(F)(F)c1ccccc1CNc1ccc2c(c1)nnn2CC1CC1. The van der Waals surface area contributed by atoms with Gasteiger partial charge in [0.25, 0.3) is 0 Å². The minimum absolute atomic E-state index is 0.0946. The van der Waals surface area contributed by atoms with E-state index in [0.29, 0.717) is 5.92 Å². The van der Waals surface area contributed by atoms with Gasteiger partial charge >= 0.3 is 6.18 Å². The van der Waals surface area contributed by atoms with Gasteiger partial charge in [-0.1, -0.05) is 23.4 Å². The lowest BCUT2D eigenvalue weighted by molar-refractivity contribution is -0.138. The molecule has 2 aromatic carbocycles. The molecule has 0 spiro atoms. The van der Waals surface area contributed by atoms with Gasteiger partial charge in [-0.25, -0.2) is 4.68 Å². The third kappa shape index (κ3) is 3.45. The molecule has 1 heterocycles. The number of anilines is 1. The van der Waals surface area contributed by atoms with Crippen LogP contribution in [-0.2, 0) is 19.3 Å². The molecule has 0 saturated heterocycles. The predicted molar refractivity (Wildman–Crippen MR) is 89.0 cm³/mol. The Labute approximate surface area is 142 Å². The van der Waals surface area contributed by atoms with E-state index < -0.39 is 11.7 Å². The maximum absolute atomic E-state index is 13.0. The number of benzene rings is 2. The molecule has 1 N–H and O–H groups in total. The van der Waals surface area contributed by atoms with Crippen molar-refractivity contribution in [3.63, 3.8) is 0 Å². The third-order valence-electron chi connectivity index (χ3n) is 4.45. The first-order valence-electron chi connectivity index (χ1n) is 8.23. The highest BCUT2D eigenvalue weighted by molar-refractivity contribution is 5.78. The molecule has 3 aromatic rings. The quantitative estimate of drug-likeness (QED) is 0.741. The smallest absolute Gasteiger partial charge is 0.381 e. The fraction of sp³-hybridized carbons (Fsp3) is 0.333. The van der Waals surface area contributed by atoms with Crippen LogP contribution in [0.1, 0.15) is 24.0 Å². The normalized spacial score (nSPS) is 14.8. The van der Waals surface area contributed by atoms with Crippen LogP contribution >= 0.6 is 0 Å². The summed E-state index contributed by atoms with van der Waals surface area (Å²) in [5.41, 5.74) is 2.03. The molecule has 25 heavy (non-hydrogen) atoms. The molecule has 0 aliphatic heterocycles. The van der Waals surface area contributed by atoms with Crippen LogP contribution < -0.4 is 5.32 Å². The molecular formula is C18H17F3N4. The molecule has 0 amide bonds. The summed E-state index contributed by atoms with van der Waals surface area (Å²) >= 11 is 0. The number of alkyl halides is 3. The summed E-state index contributed by atoms with van der Waals surface area (Å²) in [5.74, 6) is 0.696. The van der Waals surface area contributed by atoms with Crippen molar-refractivity contribution in [1.29, 1.82) is 0 Å². The predicted octanol–water partition coefficient (Wildman–Crippen LogP) is 4.47. The van der Waals surface area contributed by atoms with Crippen LogP contribution in [0.3, 0.4) is 0 Å². The Kier molecular flexibility index (Phi) is 3.86. The summed E-state index contributed by atoms with van der Waals surface area (Å²) in [7, 11) is 0. The van der Waals surface area contributed by atoms with Crippen LogP contribution in [0.15, 0.2) is 42.5 Å². The van der Waals surface area contributed by atoms with Crippen LogP contribution in [0.4, 0.5) is 18.9 Å². The van der Waals surface area contributed by atoms with E-state index in [2.05, 4.69) is 15.6 Å². The summed E-state index contributed by atoms with van der Waals surface area (Å²) < 4.78 is 41.0. The Bertz CT molecular complexity index is 897. The fourth-order valence-electron chi connectivity index (χ4n) is 2.91. The molecule has 1 aromatic heterocycles. The molecule has 4 rings (SSSR count). The first-order chi connectivity index (χ1) is 12.0. The maximum Gasteiger partial charge on any atom is 0.416 e. The number of fused-ring (bicyclic) bond motifs is 1. The largest absolute Gasteiger partial charge is 0.416 e. The van der Waals surface area contributed by atoms with Gasteiger partial charge in [0.1, 0.15) is 5.52 Å². The van der Waals surface area contributed by atoms with Gasteiger partial charge in [0, 0.05) is 18.8 Å². The van der Waals surface area contributed by atoms with Gasteiger partial charge in [-0.15, -0.1) is 5.10 Å². The Morgan fingerprint density at radius 3 is 2.68 bits per heavy atom. The lowest BCUT2D eigenvalue weighted by Crippen LogP contribution is -2.11. The molecule has 0 bridgehead atoms. The summed E-state index contributed by atoms with van der Waals surface area (Å²) in [5, 5.41) is 11.4. The van der Waals surface area contributed by atoms with Crippen LogP contribution in [0.2, 0.25) is 0 Å². The number of hydrogen-bond acceptors (Lipinski definition) is 3. The average Bonchev–Trinajstić information content (AvgIpc) is 3.32. The summed E-state index contributed by atoms with van der Waals surface area (Å²) in [6.45, 7) is 0.972. The van der Waals surface area contributed by atoms with Crippen LogP contribution in [0, 0.1) is 5.92 Å². The lowest BCUT2D eigenvalue weighted by Gasteiger charge is -2.13. The van der Waals surface area contributed by atoms with Gasteiger partial charge < -0.3 is 5.32 Å². The zero-order valence-electron chi connectivity index (χ0n) is 13.4. The second-order valence-corrected chi connectivity index (χ2v) is 6.43. The van der Waals surface area contributed by atoms with Crippen molar-refractivity contribution in [3.8, 4) is 0 Å². The van der Waals surface area contributed by atoms with Gasteiger partial charge in [-0.2, -0.15) is 13.2 Å². The number of halogens is 3. The molecule has 7 heteroatoms. The average molecular weight is 346 g/mol. The molecule has 1 saturated carbocycles. The molecule has 130 valence electrons. The van der Waals surface area contributed by atoms with Crippen molar-refractivity contribution in [1.82, 2.24) is 15.0 Å². The van der Waals surface area contributed by atoms with E-state index in [0.717, 1.165) is 29.3 Å². The van der Waals surface area contributed by atoms with Crippen LogP contribution in [0.5, 0.6) is 0 Å². The highest BCUT2D eigenvalue weighted by atomic mass is 19.4. The molecular weight excluding hydrogens is 329 g/mol. The standard InChI is InChI=1S/C18H17F3N4/c19-18(20,21)15-4-2-1-3-13(15)10-22-14-7-8-17-16(9-14)23-24-25(17)11-12-5-6-12/h1-4,7-9,12,22H,5-6,10-11H2. The van der Waals surface area contributed by atoms with E-state index in [1.54, 1.807) is 6.07 Å². The summed E-state index contributed by atoms with van der Waals surface area (Å²) in [6, 6.07) is 11.2. The van der Waals surface area contributed by atoms with Crippen molar-refractivity contribution in [2.24, 2.45) is 5.92 Å². The molecule has 4 nitrogen and oxygen atoms in total. The number of hydrogen-bond donors (Lipinski definition) is 1. The topological polar surface area (TPSA) is 42.7 Å². The molecule has 1 fully saturated rings. The summed E-state index contributed by atoms with van der Waals surface area (Å²) in [4.78, 5) is 0. The zero-order valence-corrected chi connectivity index (χ0v) is 13.4. The second-order valence-electron chi connectivity index (χ2n) is 6.43. The lowest BCUT2D eigenvalue weighted by atomic mass is 10.1. The van der Waals surface area contributed by atoms with E-state index in [1.807, 2.05) is 22.9 Å². The number of nitrogens with zero attached hydrogens (tertiary/aromatic N) is 3. The van der Waals surface area contributed by atoms with E-state index >= 15 is 0 Å². The Balaban J connectivity index is 1.52. The van der Waals surface area contributed by atoms with Crippen LogP contribution in [-0.4, -0.2) is 15.0 Å². The van der Waals surface area contributed by atoms with Gasteiger partial charge in [0.05, 0.1) is 11.1 Å². The van der Waals surface area contributed by atoms with Gasteiger partial charge in [-0.3, -0.25) is 0 Å². The van der Waals surface area contributed by atoms with Crippen molar-refractivity contribution in [2.45, 2.75) is 32.1 Å². The molecule has 1 aliphatic carbocycles. The minimum atomic E-state index is -4.35. The van der Waals surface area contributed by atoms with Gasteiger partial charge in [0.15, 0.2) is 0 Å². The fourth-order valence-corrected chi connectivity index (χ4v) is 2.91. The minimum Gasteiger partial charge on any atom is -0.381 e. The number of aromatic nitrogens is 3. The van der Waals surface area contributed by atoms with Gasteiger partial charge in [0.2, 0.25) is 0 Å².